The standard InChI is InChI=1S/C24H30N2O5/c1-16(2)31-15-18-8-6-5-7-17(18)13-25-24(28)19-11-23(27)26(14-19)21-12-20(29-3)9-10-22(21)30-4/h5-10,12,16,19H,11,13-15H2,1-4H3,(H,25,28). The molecule has 1 aliphatic rings. The largest absolute Gasteiger partial charge is 0.497 e. The minimum absolute atomic E-state index is 0.113. The van der Waals surface area contributed by atoms with E-state index >= 15 is 0 Å². The van der Waals surface area contributed by atoms with E-state index in [0.717, 1.165) is 11.1 Å². The molecule has 0 radical (unpaired) electrons. The summed E-state index contributed by atoms with van der Waals surface area (Å²) >= 11 is 0. The predicted octanol–water partition coefficient (Wildman–Crippen LogP) is 3.30. The first kappa shape index (κ1) is 22.6. The van der Waals surface area contributed by atoms with E-state index in [0.29, 0.717) is 36.9 Å². The van der Waals surface area contributed by atoms with E-state index in [1.165, 1.54) is 0 Å². The van der Waals surface area contributed by atoms with Crippen molar-refractivity contribution in [3.05, 3.63) is 53.6 Å². The molecule has 0 spiro atoms. The summed E-state index contributed by atoms with van der Waals surface area (Å²) in [4.78, 5) is 27.1. The van der Waals surface area contributed by atoms with Crippen LogP contribution in [0.2, 0.25) is 0 Å². The van der Waals surface area contributed by atoms with Gasteiger partial charge >= 0.3 is 0 Å². The second-order valence-corrected chi connectivity index (χ2v) is 7.79. The van der Waals surface area contributed by atoms with Crippen molar-refractivity contribution in [3.63, 3.8) is 0 Å². The van der Waals surface area contributed by atoms with Gasteiger partial charge in [0.25, 0.3) is 0 Å². The van der Waals surface area contributed by atoms with Gasteiger partial charge in [-0.25, -0.2) is 0 Å². The summed E-state index contributed by atoms with van der Waals surface area (Å²) in [5.41, 5.74) is 2.66. The minimum Gasteiger partial charge on any atom is -0.497 e. The quantitative estimate of drug-likeness (QED) is 0.666. The number of nitrogens with one attached hydrogen (secondary N) is 1. The Kier molecular flexibility index (Phi) is 7.52. The third-order valence-electron chi connectivity index (χ3n) is 5.32. The van der Waals surface area contributed by atoms with Crippen LogP contribution < -0.4 is 19.7 Å². The van der Waals surface area contributed by atoms with Crippen molar-refractivity contribution < 1.29 is 23.8 Å². The van der Waals surface area contributed by atoms with Crippen molar-refractivity contribution in [2.45, 2.75) is 39.5 Å². The first-order chi connectivity index (χ1) is 14.9. The fourth-order valence-electron chi connectivity index (χ4n) is 3.58. The lowest BCUT2D eigenvalue weighted by atomic mass is 10.1. The Labute approximate surface area is 183 Å². The molecule has 3 rings (SSSR count). The Morgan fingerprint density at radius 2 is 1.87 bits per heavy atom. The van der Waals surface area contributed by atoms with Gasteiger partial charge in [0.1, 0.15) is 11.5 Å². The molecule has 0 aromatic heterocycles. The predicted molar refractivity (Wildman–Crippen MR) is 118 cm³/mol. The highest BCUT2D eigenvalue weighted by Crippen LogP contribution is 2.36. The van der Waals surface area contributed by atoms with Crippen LogP contribution in [0.15, 0.2) is 42.5 Å². The summed E-state index contributed by atoms with van der Waals surface area (Å²) in [6.45, 7) is 5.17. The van der Waals surface area contributed by atoms with E-state index in [9.17, 15) is 9.59 Å². The van der Waals surface area contributed by atoms with Crippen LogP contribution in [0.5, 0.6) is 11.5 Å². The van der Waals surface area contributed by atoms with Crippen molar-refractivity contribution in [1.29, 1.82) is 0 Å². The molecule has 2 amide bonds. The van der Waals surface area contributed by atoms with Crippen molar-refractivity contribution in [2.24, 2.45) is 5.92 Å². The first-order valence-corrected chi connectivity index (χ1v) is 10.4. The van der Waals surface area contributed by atoms with Gasteiger partial charge in [0, 0.05) is 25.6 Å². The summed E-state index contributed by atoms with van der Waals surface area (Å²) < 4.78 is 16.4. The lowest BCUT2D eigenvalue weighted by Crippen LogP contribution is -2.33. The molecule has 7 heteroatoms. The van der Waals surface area contributed by atoms with Crippen LogP contribution in [0.4, 0.5) is 5.69 Å². The monoisotopic (exact) mass is 426 g/mol. The normalized spacial score (nSPS) is 16.0. The van der Waals surface area contributed by atoms with Gasteiger partial charge < -0.3 is 24.4 Å². The maximum Gasteiger partial charge on any atom is 0.227 e. The molecular formula is C24H30N2O5. The lowest BCUT2D eigenvalue weighted by molar-refractivity contribution is -0.126. The molecule has 1 heterocycles. The van der Waals surface area contributed by atoms with E-state index in [1.807, 2.05) is 38.1 Å². The third-order valence-corrected chi connectivity index (χ3v) is 5.32. The van der Waals surface area contributed by atoms with Gasteiger partial charge in [-0.3, -0.25) is 9.59 Å². The van der Waals surface area contributed by atoms with E-state index in [1.54, 1.807) is 37.3 Å². The van der Waals surface area contributed by atoms with E-state index < -0.39 is 5.92 Å². The van der Waals surface area contributed by atoms with Gasteiger partial charge in [0.15, 0.2) is 0 Å². The van der Waals surface area contributed by atoms with Gasteiger partial charge in [0.05, 0.1) is 38.5 Å². The molecule has 1 atom stereocenters. The molecule has 1 unspecified atom stereocenters. The summed E-state index contributed by atoms with van der Waals surface area (Å²) in [6, 6.07) is 13.2. The second-order valence-electron chi connectivity index (χ2n) is 7.79. The summed E-state index contributed by atoms with van der Waals surface area (Å²) in [6.07, 6.45) is 0.288. The molecule has 1 saturated heterocycles. The maximum absolute atomic E-state index is 12.8. The highest BCUT2D eigenvalue weighted by atomic mass is 16.5. The van der Waals surface area contributed by atoms with Crippen molar-refractivity contribution >= 4 is 17.5 Å². The number of carbonyl (C=O) groups excluding carboxylic acids is 2. The van der Waals surface area contributed by atoms with Crippen LogP contribution in [-0.2, 0) is 27.5 Å². The van der Waals surface area contributed by atoms with Gasteiger partial charge in [-0.15, -0.1) is 0 Å². The molecule has 2 aromatic rings. The Bertz CT molecular complexity index is 928. The Hall–Kier alpha value is -3.06. The van der Waals surface area contributed by atoms with Crippen LogP contribution in [0.3, 0.4) is 0 Å². The van der Waals surface area contributed by atoms with Crippen molar-refractivity contribution in [3.8, 4) is 11.5 Å². The maximum atomic E-state index is 12.8. The molecular weight excluding hydrogens is 396 g/mol. The minimum atomic E-state index is -0.428. The molecule has 7 nitrogen and oxygen atoms in total. The SMILES string of the molecule is COc1ccc(OC)c(N2CC(C(=O)NCc3ccccc3COC(C)C)CC2=O)c1. The number of amides is 2. The number of ether oxygens (including phenoxy) is 3. The lowest BCUT2D eigenvalue weighted by Gasteiger charge is -2.20. The molecule has 31 heavy (non-hydrogen) atoms. The number of hydrogen-bond donors (Lipinski definition) is 1. The fraction of sp³-hybridized carbons (Fsp3) is 0.417. The molecule has 1 aliphatic heterocycles. The molecule has 1 fully saturated rings. The van der Waals surface area contributed by atoms with Gasteiger partial charge in [-0.2, -0.15) is 0 Å². The molecule has 0 saturated carbocycles. The average Bonchev–Trinajstić information content (AvgIpc) is 3.17. The zero-order valence-corrected chi connectivity index (χ0v) is 18.5. The highest BCUT2D eigenvalue weighted by molar-refractivity contribution is 6.01. The summed E-state index contributed by atoms with van der Waals surface area (Å²) in [5.74, 6) is 0.503. The van der Waals surface area contributed by atoms with Crippen LogP contribution in [0.1, 0.15) is 31.4 Å². The zero-order chi connectivity index (χ0) is 22.4. The van der Waals surface area contributed by atoms with E-state index in [-0.39, 0.29) is 24.3 Å². The van der Waals surface area contributed by atoms with Gasteiger partial charge in [0.2, 0.25) is 11.8 Å². The summed E-state index contributed by atoms with van der Waals surface area (Å²) in [5, 5.41) is 2.98. The Morgan fingerprint density at radius 3 is 2.55 bits per heavy atom. The molecule has 0 bridgehead atoms. The number of rotatable bonds is 9. The third kappa shape index (κ3) is 5.55. The Morgan fingerprint density at radius 1 is 1.13 bits per heavy atom. The number of hydrogen-bond acceptors (Lipinski definition) is 5. The number of anilines is 1. The number of nitrogens with zero attached hydrogens (tertiary/aromatic N) is 1. The van der Waals surface area contributed by atoms with Crippen LogP contribution in [0, 0.1) is 5.92 Å². The van der Waals surface area contributed by atoms with E-state index in [2.05, 4.69) is 5.32 Å². The average molecular weight is 427 g/mol. The molecule has 1 N–H and O–H groups in total. The Balaban J connectivity index is 1.66. The van der Waals surface area contributed by atoms with Crippen molar-refractivity contribution in [2.75, 3.05) is 25.7 Å². The van der Waals surface area contributed by atoms with Crippen molar-refractivity contribution in [1.82, 2.24) is 5.32 Å². The fourth-order valence-corrected chi connectivity index (χ4v) is 3.58. The summed E-state index contributed by atoms with van der Waals surface area (Å²) in [7, 11) is 3.12. The number of benzene rings is 2. The number of methoxy groups -OCH3 is 2. The van der Waals surface area contributed by atoms with E-state index in [4.69, 9.17) is 14.2 Å². The smallest absolute Gasteiger partial charge is 0.227 e. The first-order valence-electron chi connectivity index (χ1n) is 10.4. The molecule has 166 valence electrons. The number of carbonyl (C=O) groups is 2. The zero-order valence-electron chi connectivity index (χ0n) is 18.5. The van der Waals surface area contributed by atoms with Gasteiger partial charge in [-0.05, 0) is 37.1 Å². The molecule has 0 aliphatic carbocycles. The van der Waals surface area contributed by atoms with Gasteiger partial charge in [-0.1, -0.05) is 24.3 Å². The van der Waals surface area contributed by atoms with Crippen LogP contribution >= 0.6 is 0 Å². The highest BCUT2D eigenvalue weighted by Gasteiger charge is 2.36. The topological polar surface area (TPSA) is 77.1 Å². The van der Waals surface area contributed by atoms with Crippen LogP contribution in [-0.4, -0.2) is 38.7 Å². The van der Waals surface area contributed by atoms with Crippen LogP contribution in [0.25, 0.3) is 0 Å². The molecule has 2 aromatic carbocycles. The second kappa shape index (κ2) is 10.3.